The lowest BCUT2D eigenvalue weighted by Crippen LogP contribution is -2.38. The number of ketones is 1. The highest BCUT2D eigenvalue weighted by molar-refractivity contribution is 5.93. The fraction of sp³-hybridized carbons (Fsp3) is 0.818. The highest BCUT2D eigenvalue weighted by Crippen LogP contribution is 2.50. The van der Waals surface area contributed by atoms with E-state index >= 15 is 0 Å². The number of carbonyl (C=O) groups excluding carboxylic acids is 1. The van der Waals surface area contributed by atoms with Gasteiger partial charge in [-0.25, -0.2) is 0 Å². The summed E-state index contributed by atoms with van der Waals surface area (Å²) >= 11 is 0. The quantitative estimate of drug-likeness (QED) is 0.697. The molecular weight excluding hydrogens is 180 g/mol. The molecule has 0 radical (unpaired) electrons. The first kappa shape index (κ1) is 9.69. The van der Waals surface area contributed by atoms with Crippen molar-refractivity contribution in [1.29, 1.82) is 0 Å². The Hall–Kier alpha value is -0.860. The third-order valence-electron chi connectivity index (χ3n) is 3.93. The summed E-state index contributed by atoms with van der Waals surface area (Å²) in [5.74, 6) is -0.947. The van der Waals surface area contributed by atoms with E-state index < -0.39 is 17.3 Å². The number of rotatable bonds is 1. The van der Waals surface area contributed by atoms with Crippen molar-refractivity contribution in [1.82, 2.24) is 0 Å². The molecule has 2 rings (SSSR count). The fourth-order valence-corrected chi connectivity index (χ4v) is 3.16. The van der Waals surface area contributed by atoms with Crippen LogP contribution in [-0.4, -0.2) is 16.9 Å². The van der Waals surface area contributed by atoms with Gasteiger partial charge in [-0.3, -0.25) is 9.59 Å². The summed E-state index contributed by atoms with van der Waals surface area (Å²) < 4.78 is 0. The molecule has 1 spiro atoms. The summed E-state index contributed by atoms with van der Waals surface area (Å²) in [6.07, 6.45) is 5.86. The molecule has 78 valence electrons. The van der Waals surface area contributed by atoms with Crippen LogP contribution in [0.1, 0.15) is 44.9 Å². The molecule has 0 heterocycles. The molecule has 0 aromatic rings. The smallest absolute Gasteiger partial charge is 0.307 e. The first-order chi connectivity index (χ1) is 6.67. The van der Waals surface area contributed by atoms with Crippen LogP contribution >= 0.6 is 0 Å². The van der Waals surface area contributed by atoms with Crippen LogP contribution in [0.3, 0.4) is 0 Å². The Morgan fingerprint density at radius 3 is 2.50 bits per heavy atom. The summed E-state index contributed by atoms with van der Waals surface area (Å²) in [7, 11) is 0. The minimum atomic E-state index is -0.766. The predicted octanol–water partition coefficient (Wildman–Crippen LogP) is 2.00. The summed E-state index contributed by atoms with van der Waals surface area (Å²) in [5.41, 5.74) is -0.468. The van der Waals surface area contributed by atoms with Crippen molar-refractivity contribution in [2.45, 2.75) is 44.9 Å². The Balaban J connectivity index is 2.26. The maximum Gasteiger partial charge on any atom is 0.307 e. The van der Waals surface area contributed by atoms with Crippen molar-refractivity contribution in [3.05, 3.63) is 0 Å². The van der Waals surface area contributed by atoms with Crippen molar-refractivity contribution in [3.63, 3.8) is 0 Å². The molecule has 0 amide bonds. The second-order valence-corrected chi connectivity index (χ2v) is 4.57. The minimum absolute atomic E-state index is 0.213. The Labute approximate surface area is 83.5 Å². The van der Waals surface area contributed by atoms with Gasteiger partial charge in [0.1, 0.15) is 5.78 Å². The monoisotopic (exact) mass is 196 g/mol. The molecule has 2 aliphatic carbocycles. The van der Waals surface area contributed by atoms with Gasteiger partial charge in [-0.15, -0.1) is 0 Å². The molecule has 0 aliphatic heterocycles. The molecule has 3 heteroatoms. The molecule has 0 aromatic heterocycles. The Kier molecular flexibility index (Phi) is 2.33. The summed E-state index contributed by atoms with van der Waals surface area (Å²) in [6, 6.07) is 0. The van der Waals surface area contributed by atoms with Crippen LogP contribution < -0.4 is 0 Å². The van der Waals surface area contributed by atoms with E-state index in [-0.39, 0.29) is 5.78 Å². The van der Waals surface area contributed by atoms with Gasteiger partial charge in [0.05, 0.1) is 5.92 Å². The second kappa shape index (κ2) is 3.37. The van der Waals surface area contributed by atoms with Crippen molar-refractivity contribution in [3.8, 4) is 0 Å². The molecule has 1 atom stereocenters. The average Bonchev–Trinajstić information content (AvgIpc) is 2.46. The zero-order valence-corrected chi connectivity index (χ0v) is 8.29. The van der Waals surface area contributed by atoms with Gasteiger partial charge in [0, 0.05) is 11.8 Å². The van der Waals surface area contributed by atoms with E-state index in [9.17, 15) is 9.59 Å². The predicted molar refractivity (Wildman–Crippen MR) is 50.9 cm³/mol. The van der Waals surface area contributed by atoms with Crippen molar-refractivity contribution in [2.24, 2.45) is 11.3 Å². The molecule has 1 unspecified atom stereocenters. The Bertz CT molecular complexity index is 264. The first-order valence-corrected chi connectivity index (χ1v) is 5.43. The van der Waals surface area contributed by atoms with Crippen LogP contribution in [0.25, 0.3) is 0 Å². The molecule has 2 fully saturated rings. The topological polar surface area (TPSA) is 54.4 Å². The third-order valence-corrected chi connectivity index (χ3v) is 3.93. The lowest BCUT2D eigenvalue weighted by Gasteiger charge is -2.35. The number of hydrogen-bond donors (Lipinski definition) is 1. The molecule has 0 saturated heterocycles. The molecule has 0 aromatic carbocycles. The number of aliphatic carboxylic acids is 1. The van der Waals surface area contributed by atoms with Crippen LogP contribution in [-0.2, 0) is 9.59 Å². The van der Waals surface area contributed by atoms with Crippen molar-refractivity contribution < 1.29 is 14.7 Å². The van der Waals surface area contributed by atoms with Gasteiger partial charge in [0.25, 0.3) is 0 Å². The number of Topliss-reactive ketones (excluding diaryl/α,β-unsaturated/α-hetero) is 1. The molecule has 2 aliphatic rings. The van der Waals surface area contributed by atoms with E-state index in [1.54, 1.807) is 0 Å². The standard InChI is InChI=1S/C11H16O3/c12-9-5-4-8(10(13)14)11(9)6-2-1-3-7-11/h8H,1-7H2,(H,13,14). The molecular formula is C11H16O3. The number of carbonyl (C=O) groups is 2. The van der Waals surface area contributed by atoms with Crippen molar-refractivity contribution >= 4 is 11.8 Å². The van der Waals surface area contributed by atoms with Gasteiger partial charge >= 0.3 is 5.97 Å². The molecule has 3 nitrogen and oxygen atoms in total. The Morgan fingerprint density at radius 2 is 1.93 bits per heavy atom. The van der Waals surface area contributed by atoms with Crippen LogP contribution in [0.4, 0.5) is 0 Å². The van der Waals surface area contributed by atoms with Crippen LogP contribution in [0.15, 0.2) is 0 Å². The SMILES string of the molecule is O=C(O)C1CCC(=O)C12CCCCC2. The maximum atomic E-state index is 11.8. The van der Waals surface area contributed by atoms with E-state index in [1.807, 2.05) is 0 Å². The van der Waals surface area contributed by atoms with Crippen LogP contribution in [0.2, 0.25) is 0 Å². The van der Waals surface area contributed by atoms with E-state index in [0.717, 1.165) is 32.1 Å². The van der Waals surface area contributed by atoms with Gasteiger partial charge in [0.15, 0.2) is 0 Å². The highest BCUT2D eigenvalue weighted by atomic mass is 16.4. The normalized spacial score (nSPS) is 30.9. The largest absolute Gasteiger partial charge is 0.481 e. The van der Waals surface area contributed by atoms with Gasteiger partial charge < -0.3 is 5.11 Å². The molecule has 0 bridgehead atoms. The molecule has 14 heavy (non-hydrogen) atoms. The summed E-state index contributed by atoms with van der Waals surface area (Å²) in [4.78, 5) is 22.9. The third kappa shape index (κ3) is 1.26. The maximum absolute atomic E-state index is 11.8. The zero-order valence-electron chi connectivity index (χ0n) is 8.29. The average molecular weight is 196 g/mol. The first-order valence-electron chi connectivity index (χ1n) is 5.43. The lowest BCUT2D eigenvalue weighted by molar-refractivity contribution is -0.150. The second-order valence-electron chi connectivity index (χ2n) is 4.57. The number of carboxylic acids is 1. The van der Waals surface area contributed by atoms with E-state index in [4.69, 9.17) is 5.11 Å². The van der Waals surface area contributed by atoms with E-state index in [2.05, 4.69) is 0 Å². The zero-order chi connectivity index (χ0) is 10.2. The lowest BCUT2D eigenvalue weighted by atomic mass is 9.67. The number of hydrogen-bond acceptors (Lipinski definition) is 2. The molecule has 1 N–H and O–H groups in total. The van der Waals surface area contributed by atoms with Crippen molar-refractivity contribution in [2.75, 3.05) is 0 Å². The van der Waals surface area contributed by atoms with Gasteiger partial charge in [-0.05, 0) is 19.3 Å². The summed E-state index contributed by atoms with van der Waals surface area (Å²) in [6.45, 7) is 0. The van der Waals surface area contributed by atoms with Crippen LogP contribution in [0, 0.1) is 11.3 Å². The molecule has 2 saturated carbocycles. The number of carboxylic acid groups (broad SMARTS) is 1. The van der Waals surface area contributed by atoms with Gasteiger partial charge in [0.2, 0.25) is 0 Å². The summed E-state index contributed by atoms with van der Waals surface area (Å²) in [5, 5.41) is 9.10. The Morgan fingerprint density at radius 1 is 1.29 bits per heavy atom. The van der Waals surface area contributed by atoms with Gasteiger partial charge in [-0.1, -0.05) is 19.3 Å². The highest BCUT2D eigenvalue weighted by Gasteiger charge is 2.52. The van der Waals surface area contributed by atoms with E-state index in [0.29, 0.717) is 12.8 Å². The fourth-order valence-electron chi connectivity index (χ4n) is 3.16. The van der Waals surface area contributed by atoms with Crippen LogP contribution in [0.5, 0.6) is 0 Å². The van der Waals surface area contributed by atoms with Gasteiger partial charge in [-0.2, -0.15) is 0 Å². The van der Waals surface area contributed by atoms with E-state index in [1.165, 1.54) is 0 Å². The minimum Gasteiger partial charge on any atom is -0.481 e.